The van der Waals surface area contributed by atoms with E-state index in [1.165, 1.54) is 19.3 Å². The first-order valence-corrected chi connectivity index (χ1v) is 4.31. The molecule has 0 bridgehead atoms. The van der Waals surface area contributed by atoms with Gasteiger partial charge in [0, 0.05) is 6.61 Å². The van der Waals surface area contributed by atoms with Gasteiger partial charge >= 0.3 is 0 Å². The lowest BCUT2D eigenvalue weighted by atomic mass is 9.94. The number of aliphatic hydroxyl groups excluding tert-OH is 1. The molecule has 10 heavy (non-hydrogen) atoms. The van der Waals surface area contributed by atoms with Crippen molar-refractivity contribution in [1.82, 2.24) is 0 Å². The van der Waals surface area contributed by atoms with Crippen LogP contribution in [-0.2, 0) is 0 Å². The van der Waals surface area contributed by atoms with Gasteiger partial charge in [-0.25, -0.2) is 0 Å². The Kier molecular flexibility index (Phi) is 5.70. The predicted octanol–water partition coefficient (Wildman–Crippen LogP) is 2.44. The molecule has 0 radical (unpaired) electrons. The van der Waals surface area contributed by atoms with E-state index in [0.717, 1.165) is 5.92 Å². The molecule has 0 saturated heterocycles. The summed E-state index contributed by atoms with van der Waals surface area (Å²) in [7, 11) is 0. The molecule has 0 aromatic rings. The van der Waals surface area contributed by atoms with Crippen molar-refractivity contribution in [3.05, 3.63) is 0 Å². The zero-order valence-electron chi connectivity index (χ0n) is 7.43. The van der Waals surface area contributed by atoms with Gasteiger partial charge in [-0.1, -0.05) is 27.2 Å². The molecule has 1 atom stereocenters. The Morgan fingerprint density at radius 2 is 1.90 bits per heavy atom. The highest BCUT2D eigenvalue weighted by Gasteiger charge is 2.07. The van der Waals surface area contributed by atoms with Gasteiger partial charge in [-0.05, 0) is 24.7 Å². The third-order valence-corrected chi connectivity index (χ3v) is 1.76. The molecule has 0 spiro atoms. The minimum Gasteiger partial charge on any atom is -0.396 e. The number of aliphatic hydroxyl groups is 1. The minimum absolute atomic E-state index is 0.367. The van der Waals surface area contributed by atoms with E-state index in [4.69, 9.17) is 5.11 Å². The summed E-state index contributed by atoms with van der Waals surface area (Å²) >= 11 is 0. The van der Waals surface area contributed by atoms with Crippen molar-refractivity contribution in [1.29, 1.82) is 0 Å². The molecule has 0 aliphatic carbocycles. The van der Waals surface area contributed by atoms with Gasteiger partial charge in [0.25, 0.3) is 0 Å². The first kappa shape index (κ1) is 9.96. The molecule has 0 amide bonds. The smallest absolute Gasteiger partial charge is 0.0459 e. The molecule has 0 fully saturated rings. The van der Waals surface area contributed by atoms with Crippen molar-refractivity contribution >= 4 is 0 Å². The molecule has 0 saturated carbocycles. The first-order valence-electron chi connectivity index (χ1n) is 4.31. The topological polar surface area (TPSA) is 20.2 Å². The maximum Gasteiger partial charge on any atom is 0.0459 e. The van der Waals surface area contributed by atoms with Crippen LogP contribution in [0.15, 0.2) is 0 Å². The van der Waals surface area contributed by atoms with Crippen LogP contribution in [0, 0.1) is 11.8 Å². The summed E-state index contributed by atoms with van der Waals surface area (Å²) in [5, 5.41) is 8.91. The van der Waals surface area contributed by atoms with Gasteiger partial charge in [-0.3, -0.25) is 0 Å². The Morgan fingerprint density at radius 3 is 2.20 bits per heavy atom. The summed E-state index contributed by atoms with van der Waals surface area (Å²) in [5.74, 6) is 1.27. The van der Waals surface area contributed by atoms with Crippen LogP contribution in [-0.4, -0.2) is 11.7 Å². The van der Waals surface area contributed by atoms with E-state index in [0.29, 0.717) is 12.5 Å². The fraction of sp³-hybridized carbons (Fsp3) is 1.00. The van der Waals surface area contributed by atoms with Crippen molar-refractivity contribution in [2.24, 2.45) is 11.8 Å². The first-order chi connectivity index (χ1) is 4.70. The molecule has 0 unspecified atom stereocenters. The number of hydrogen-bond donors (Lipinski definition) is 1. The maximum absolute atomic E-state index is 8.91. The predicted molar refractivity (Wildman–Crippen MR) is 44.9 cm³/mol. The van der Waals surface area contributed by atoms with Gasteiger partial charge < -0.3 is 5.11 Å². The Hall–Kier alpha value is -0.0400. The van der Waals surface area contributed by atoms with E-state index in [2.05, 4.69) is 20.8 Å². The second-order valence-corrected chi connectivity index (χ2v) is 3.47. The highest BCUT2D eigenvalue weighted by atomic mass is 16.3. The molecule has 0 aromatic heterocycles. The zero-order valence-corrected chi connectivity index (χ0v) is 7.43. The van der Waals surface area contributed by atoms with Gasteiger partial charge in [-0.2, -0.15) is 0 Å². The van der Waals surface area contributed by atoms with Crippen molar-refractivity contribution in [3.8, 4) is 0 Å². The lowest BCUT2D eigenvalue weighted by Gasteiger charge is -2.14. The lowest BCUT2D eigenvalue weighted by Crippen LogP contribution is -2.08. The molecular weight excluding hydrogens is 124 g/mol. The quantitative estimate of drug-likeness (QED) is 0.628. The van der Waals surface area contributed by atoms with Crippen LogP contribution in [0.25, 0.3) is 0 Å². The third kappa shape index (κ3) is 4.80. The van der Waals surface area contributed by atoms with Crippen molar-refractivity contribution in [2.45, 2.75) is 40.0 Å². The van der Waals surface area contributed by atoms with E-state index < -0.39 is 0 Å². The second-order valence-electron chi connectivity index (χ2n) is 3.47. The summed E-state index contributed by atoms with van der Waals surface area (Å²) in [6.07, 6.45) is 3.54. The van der Waals surface area contributed by atoms with Crippen LogP contribution >= 0.6 is 0 Å². The summed E-state index contributed by atoms with van der Waals surface area (Å²) < 4.78 is 0. The van der Waals surface area contributed by atoms with E-state index in [9.17, 15) is 0 Å². The number of hydrogen-bond acceptors (Lipinski definition) is 1. The molecule has 62 valence electrons. The van der Waals surface area contributed by atoms with Crippen LogP contribution in [0.1, 0.15) is 40.0 Å². The van der Waals surface area contributed by atoms with Gasteiger partial charge in [0.05, 0.1) is 0 Å². The summed E-state index contributed by atoms with van der Waals surface area (Å²) in [5.41, 5.74) is 0. The van der Waals surface area contributed by atoms with E-state index in [1.807, 2.05) is 0 Å². The SMILES string of the molecule is CCC[C@@H](CO)CC(C)C. The molecule has 0 heterocycles. The fourth-order valence-electron chi connectivity index (χ4n) is 1.36. The van der Waals surface area contributed by atoms with E-state index >= 15 is 0 Å². The van der Waals surface area contributed by atoms with E-state index in [1.54, 1.807) is 0 Å². The molecule has 0 aliphatic rings. The van der Waals surface area contributed by atoms with Gasteiger partial charge in [-0.15, -0.1) is 0 Å². The summed E-state index contributed by atoms with van der Waals surface area (Å²) in [6, 6.07) is 0. The largest absolute Gasteiger partial charge is 0.396 e. The zero-order chi connectivity index (χ0) is 7.98. The third-order valence-electron chi connectivity index (χ3n) is 1.76. The Morgan fingerprint density at radius 1 is 1.30 bits per heavy atom. The van der Waals surface area contributed by atoms with Crippen molar-refractivity contribution in [2.75, 3.05) is 6.61 Å². The van der Waals surface area contributed by atoms with Gasteiger partial charge in [0.15, 0.2) is 0 Å². The molecular formula is C9H20O. The minimum atomic E-state index is 0.367. The summed E-state index contributed by atoms with van der Waals surface area (Å²) in [6.45, 7) is 6.95. The Labute approximate surface area is 64.5 Å². The highest BCUT2D eigenvalue weighted by molar-refractivity contribution is 4.58. The fourth-order valence-corrected chi connectivity index (χ4v) is 1.36. The second kappa shape index (κ2) is 5.72. The molecule has 0 rings (SSSR count). The normalized spacial score (nSPS) is 14.1. The number of rotatable bonds is 5. The Balaban J connectivity index is 3.39. The van der Waals surface area contributed by atoms with Crippen LogP contribution in [0.3, 0.4) is 0 Å². The molecule has 0 aromatic carbocycles. The van der Waals surface area contributed by atoms with Crippen LogP contribution in [0.2, 0.25) is 0 Å². The van der Waals surface area contributed by atoms with Gasteiger partial charge in [0.1, 0.15) is 0 Å². The Bertz CT molecular complexity index is 69.1. The lowest BCUT2D eigenvalue weighted by molar-refractivity contribution is 0.197. The van der Waals surface area contributed by atoms with Crippen molar-refractivity contribution < 1.29 is 5.11 Å². The molecule has 1 heteroatoms. The monoisotopic (exact) mass is 144 g/mol. The molecule has 1 N–H and O–H groups in total. The van der Waals surface area contributed by atoms with Crippen LogP contribution in [0.4, 0.5) is 0 Å². The summed E-state index contributed by atoms with van der Waals surface area (Å²) in [4.78, 5) is 0. The molecule has 1 nitrogen and oxygen atoms in total. The average molecular weight is 144 g/mol. The van der Waals surface area contributed by atoms with Crippen molar-refractivity contribution in [3.63, 3.8) is 0 Å². The average Bonchev–Trinajstić information content (AvgIpc) is 1.86. The van der Waals surface area contributed by atoms with Crippen LogP contribution in [0.5, 0.6) is 0 Å². The standard InChI is InChI=1S/C9H20O/c1-4-5-9(7-10)6-8(2)3/h8-10H,4-7H2,1-3H3/t9-/m1/s1. The van der Waals surface area contributed by atoms with Gasteiger partial charge in [0.2, 0.25) is 0 Å². The highest BCUT2D eigenvalue weighted by Crippen LogP contribution is 2.15. The van der Waals surface area contributed by atoms with Crippen LogP contribution < -0.4 is 0 Å². The van der Waals surface area contributed by atoms with E-state index in [-0.39, 0.29) is 0 Å². The molecule has 0 aliphatic heterocycles. The maximum atomic E-state index is 8.91.